The van der Waals surface area contributed by atoms with Crippen LogP contribution < -0.4 is 20.3 Å². The Balaban J connectivity index is 1.81. The van der Waals surface area contributed by atoms with Crippen molar-refractivity contribution in [3.05, 3.63) is 52.7 Å². The molecule has 0 radical (unpaired) electrons. The van der Waals surface area contributed by atoms with Crippen molar-refractivity contribution < 1.29 is 9.47 Å². The maximum Gasteiger partial charge on any atom is 0.259 e. The van der Waals surface area contributed by atoms with Gasteiger partial charge in [0.1, 0.15) is 11.5 Å². The molecule has 0 aliphatic carbocycles. The number of benzene rings is 1. The lowest BCUT2D eigenvalue weighted by Gasteiger charge is -2.41. The summed E-state index contributed by atoms with van der Waals surface area (Å²) in [6.07, 6.45) is 6.38. The minimum atomic E-state index is -0.0641. The van der Waals surface area contributed by atoms with Crippen LogP contribution in [0, 0.1) is 0 Å². The number of methoxy groups -OCH3 is 2. The second-order valence-corrected chi connectivity index (χ2v) is 7.71. The van der Waals surface area contributed by atoms with E-state index < -0.39 is 0 Å². The zero-order valence-electron chi connectivity index (χ0n) is 17.9. The van der Waals surface area contributed by atoms with Gasteiger partial charge in [0.15, 0.2) is 0 Å². The molecule has 1 fully saturated rings. The number of pyridine rings is 2. The van der Waals surface area contributed by atoms with Crippen molar-refractivity contribution in [1.82, 2.24) is 19.8 Å². The highest BCUT2D eigenvalue weighted by Gasteiger charge is 2.29. The van der Waals surface area contributed by atoms with E-state index in [4.69, 9.17) is 9.47 Å². The van der Waals surface area contributed by atoms with E-state index in [9.17, 15) is 4.79 Å². The van der Waals surface area contributed by atoms with Crippen molar-refractivity contribution >= 4 is 10.8 Å². The molecule has 1 atom stereocenters. The summed E-state index contributed by atoms with van der Waals surface area (Å²) >= 11 is 0. The van der Waals surface area contributed by atoms with Gasteiger partial charge in [0.2, 0.25) is 0 Å². The second-order valence-electron chi connectivity index (χ2n) is 7.71. The van der Waals surface area contributed by atoms with Crippen LogP contribution in [0.15, 0.2) is 41.6 Å². The van der Waals surface area contributed by atoms with E-state index in [-0.39, 0.29) is 5.56 Å². The maximum absolute atomic E-state index is 12.5. The molecule has 1 aromatic carbocycles. The lowest BCUT2D eigenvalue weighted by molar-refractivity contribution is 0.0810. The van der Waals surface area contributed by atoms with Crippen LogP contribution in [0.1, 0.15) is 12.0 Å². The summed E-state index contributed by atoms with van der Waals surface area (Å²) in [6, 6.07) is 6.47. The Bertz CT molecular complexity index is 1100. The van der Waals surface area contributed by atoms with E-state index in [1.807, 2.05) is 31.4 Å². The summed E-state index contributed by atoms with van der Waals surface area (Å²) < 4.78 is 13.1. The molecule has 0 spiro atoms. The number of rotatable bonds is 7. The van der Waals surface area contributed by atoms with Gasteiger partial charge < -0.3 is 19.4 Å². The molecule has 1 aliphatic rings. The van der Waals surface area contributed by atoms with Crippen LogP contribution in [0.2, 0.25) is 0 Å². The number of nitrogens with one attached hydrogen (secondary N) is 1. The van der Waals surface area contributed by atoms with E-state index >= 15 is 0 Å². The predicted octanol–water partition coefficient (Wildman–Crippen LogP) is 2.41. The van der Waals surface area contributed by atoms with Crippen LogP contribution >= 0.6 is 0 Å². The van der Waals surface area contributed by atoms with E-state index in [1.54, 1.807) is 38.2 Å². The van der Waals surface area contributed by atoms with Crippen molar-refractivity contribution in [2.24, 2.45) is 7.05 Å². The normalized spacial score (nSPS) is 16.5. The highest BCUT2D eigenvalue weighted by atomic mass is 16.5. The van der Waals surface area contributed by atoms with Crippen molar-refractivity contribution in [2.45, 2.75) is 19.0 Å². The topological polar surface area (TPSA) is 68.6 Å². The minimum absolute atomic E-state index is 0.0641. The molecule has 0 saturated carbocycles. The number of ether oxygens (including phenoxy) is 2. The molecule has 30 heavy (non-hydrogen) atoms. The third kappa shape index (κ3) is 3.55. The number of likely N-dealkylation sites (tertiary alicyclic amines) is 1. The highest BCUT2D eigenvalue weighted by Crippen LogP contribution is 2.38. The molecule has 3 heterocycles. The standard InChI is InChI=1S/C23H28N4O3/c1-24-11-16-6-8-27(16)14-20-21(29-3)9-15(10-22(20)30-4)19-13-26(2)23(28)18-12-25-7-5-17(18)19/h5,7,9-10,12-13,16,24H,6,8,11,14H2,1-4H3/t16-/m0/s1. The molecule has 7 heteroatoms. The summed E-state index contributed by atoms with van der Waals surface area (Å²) in [6.45, 7) is 2.82. The van der Waals surface area contributed by atoms with Crippen LogP contribution in [-0.4, -0.2) is 54.8 Å². The molecule has 1 saturated heterocycles. The van der Waals surface area contributed by atoms with Crippen LogP contribution in [-0.2, 0) is 13.6 Å². The van der Waals surface area contributed by atoms with Gasteiger partial charge in [0, 0.05) is 56.9 Å². The first-order valence-electron chi connectivity index (χ1n) is 10.1. The molecule has 3 aromatic rings. The molecule has 4 rings (SSSR count). The van der Waals surface area contributed by atoms with Crippen LogP contribution in [0.5, 0.6) is 11.5 Å². The van der Waals surface area contributed by atoms with Crippen LogP contribution in [0.3, 0.4) is 0 Å². The molecule has 2 aromatic heterocycles. The van der Waals surface area contributed by atoms with E-state index in [0.29, 0.717) is 11.4 Å². The van der Waals surface area contributed by atoms with Gasteiger partial charge in [-0.2, -0.15) is 0 Å². The summed E-state index contributed by atoms with van der Waals surface area (Å²) in [5.41, 5.74) is 2.86. The van der Waals surface area contributed by atoms with Crippen molar-refractivity contribution in [1.29, 1.82) is 0 Å². The molecule has 7 nitrogen and oxygen atoms in total. The molecule has 158 valence electrons. The number of likely N-dealkylation sites (N-methyl/N-ethyl adjacent to an activating group) is 1. The number of hydrogen-bond acceptors (Lipinski definition) is 6. The smallest absolute Gasteiger partial charge is 0.259 e. The quantitative estimate of drug-likeness (QED) is 0.648. The number of fused-ring (bicyclic) bond motifs is 1. The Morgan fingerprint density at radius 2 is 1.93 bits per heavy atom. The fourth-order valence-electron chi connectivity index (χ4n) is 4.21. The van der Waals surface area contributed by atoms with Gasteiger partial charge in [-0.25, -0.2) is 0 Å². The average Bonchev–Trinajstić information content (AvgIpc) is 2.77. The fraction of sp³-hybridized carbons (Fsp3) is 0.391. The molecular formula is C23H28N4O3. The molecular weight excluding hydrogens is 380 g/mol. The van der Waals surface area contributed by atoms with Crippen molar-refractivity contribution in [3.63, 3.8) is 0 Å². The second kappa shape index (κ2) is 8.45. The molecule has 1 aliphatic heterocycles. The van der Waals surface area contributed by atoms with Crippen LogP contribution in [0.4, 0.5) is 0 Å². The highest BCUT2D eigenvalue weighted by molar-refractivity contribution is 5.95. The molecule has 0 unspecified atom stereocenters. The van der Waals surface area contributed by atoms with Gasteiger partial charge in [-0.15, -0.1) is 0 Å². The van der Waals surface area contributed by atoms with E-state index in [2.05, 4.69) is 15.2 Å². The minimum Gasteiger partial charge on any atom is -0.496 e. The Kier molecular flexibility index (Phi) is 5.74. The summed E-state index contributed by atoms with van der Waals surface area (Å²) in [5.74, 6) is 1.58. The Morgan fingerprint density at radius 3 is 2.53 bits per heavy atom. The summed E-state index contributed by atoms with van der Waals surface area (Å²) in [7, 11) is 7.12. The third-order valence-electron chi connectivity index (χ3n) is 5.97. The monoisotopic (exact) mass is 408 g/mol. The number of aryl methyl sites for hydroxylation is 1. The predicted molar refractivity (Wildman–Crippen MR) is 118 cm³/mol. The molecule has 1 N–H and O–H groups in total. The number of aromatic nitrogens is 2. The molecule has 0 bridgehead atoms. The zero-order valence-corrected chi connectivity index (χ0v) is 17.9. The first kappa shape index (κ1) is 20.4. The molecule has 0 amide bonds. The summed E-state index contributed by atoms with van der Waals surface area (Å²) in [5, 5.41) is 4.72. The Labute approximate surface area is 176 Å². The van der Waals surface area contributed by atoms with Gasteiger partial charge in [0.05, 0.1) is 25.2 Å². The first-order chi connectivity index (χ1) is 14.6. The largest absolute Gasteiger partial charge is 0.496 e. The van der Waals surface area contributed by atoms with Gasteiger partial charge >= 0.3 is 0 Å². The van der Waals surface area contributed by atoms with Gasteiger partial charge in [-0.3, -0.25) is 14.7 Å². The lowest BCUT2D eigenvalue weighted by Crippen LogP contribution is -2.51. The first-order valence-corrected chi connectivity index (χ1v) is 10.1. The Morgan fingerprint density at radius 1 is 1.20 bits per heavy atom. The third-order valence-corrected chi connectivity index (χ3v) is 5.97. The van der Waals surface area contributed by atoms with Crippen molar-refractivity contribution in [3.8, 4) is 22.6 Å². The SMILES string of the molecule is CNC[C@@H]1CCN1Cc1c(OC)cc(-c2cn(C)c(=O)c3cnccc23)cc1OC. The van der Waals surface area contributed by atoms with Gasteiger partial charge in [-0.05, 0) is 42.6 Å². The van der Waals surface area contributed by atoms with E-state index in [0.717, 1.165) is 53.2 Å². The lowest BCUT2D eigenvalue weighted by atomic mass is 9.97. The number of nitrogens with zero attached hydrogens (tertiary/aromatic N) is 3. The maximum atomic E-state index is 12.5. The van der Waals surface area contributed by atoms with Crippen molar-refractivity contribution in [2.75, 3.05) is 34.4 Å². The van der Waals surface area contributed by atoms with Crippen LogP contribution in [0.25, 0.3) is 21.9 Å². The van der Waals surface area contributed by atoms with Gasteiger partial charge in [-0.1, -0.05) is 0 Å². The fourth-order valence-corrected chi connectivity index (χ4v) is 4.21. The van der Waals surface area contributed by atoms with Gasteiger partial charge in [0.25, 0.3) is 5.56 Å². The average molecular weight is 409 g/mol. The van der Waals surface area contributed by atoms with E-state index in [1.165, 1.54) is 6.42 Å². The Hall–Kier alpha value is -2.90. The number of hydrogen-bond donors (Lipinski definition) is 1. The zero-order chi connectivity index (χ0) is 21.3. The summed E-state index contributed by atoms with van der Waals surface area (Å²) in [4.78, 5) is 19.1.